The average Bonchev–Trinajstić information content (AvgIpc) is 3.35. The van der Waals surface area contributed by atoms with Gasteiger partial charge < -0.3 is 15.1 Å². The lowest BCUT2D eigenvalue weighted by Crippen LogP contribution is -2.37. The number of furan rings is 1. The van der Waals surface area contributed by atoms with E-state index in [9.17, 15) is 9.59 Å². The van der Waals surface area contributed by atoms with E-state index in [-0.39, 0.29) is 17.6 Å². The zero-order valence-electron chi connectivity index (χ0n) is 18.6. The Labute approximate surface area is 192 Å². The standard InChI is InChI=1S/C27H25N3O3/c1-16-10-11-23(28-15-16)30-27(32)24-17(2)29-20-13-19(22-9-6-12-33-22)14-21(31)26(20)25(24)18-7-4-3-5-8-18/h3-12,15,19,25,29H,13-14H2,1-2H3,(H,28,30,32)/t19-,25-/m1/s1. The maximum atomic E-state index is 13.5. The minimum Gasteiger partial charge on any atom is -0.469 e. The van der Waals surface area contributed by atoms with Crippen LogP contribution in [0.5, 0.6) is 0 Å². The quantitative estimate of drug-likeness (QED) is 0.599. The normalized spacial score (nSPS) is 20.4. The van der Waals surface area contributed by atoms with Crippen LogP contribution >= 0.6 is 0 Å². The summed E-state index contributed by atoms with van der Waals surface area (Å²) >= 11 is 0. The van der Waals surface area contributed by atoms with E-state index in [1.165, 1.54) is 0 Å². The molecule has 0 bridgehead atoms. The largest absolute Gasteiger partial charge is 0.469 e. The molecule has 6 heteroatoms. The molecular formula is C27H25N3O3. The Balaban J connectivity index is 1.54. The summed E-state index contributed by atoms with van der Waals surface area (Å²) in [6, 6.07) is 17.2. The van der Waals surface area contributed by atoms with E-state index in [2.05, 4.69) is 15.6 Å². The van der Waals surface area contributed by atoms with Gasteiger partial charge in [-0.1, -0.05) is 36.4 Å². The van der Waals surface area contributed by atoms with Crippen LogP contribution in [0.4, 0.5) is 5.82 Å². The van der Waals surface area contributed by atoms with E-state index in [4.69, 9.17) is 4.42 Å². The number of aryl methyl sites for hydroxylation is 1. The van der Waals surface area contributed by atoms with E-state index in [1.54, 1.807) is 18.5 Å². The van der Waals surface area contributed by atoms with Gasteiger partial charge in [-0.25, -0.2) is 4.98 Å². The number of aromatic nitrogens is 1. The Kier molecular flexibility index (Phi) is 5.42. The number of Topliss-reactive ketones (excluding diaryl/α,β-unsaturated/α-hetero) is 1. The van der Waals surface area contributed by atoms with Crippen molar-refractivity contribution in [1.82, 2.24) is 10.3 Å². The van der Waals surface area contributed by atoms with Crippen LogP contribution in [-0.4, -0.2) is 16.7 Å². The maximum absolute atomic E-state index is 13.5. The van der Waals surface area contributed by atoms with Crippen molar-refractivity contribution < 1.29 is 14.0 Å². The first-order valence-corrected chi connectivity index (χ1v) is 11.1. The summed E-state index contributed by atoms with van der Waals surface area (Å²) in [6.07, 6.45) is 4.36. The Hall–Kier alpha value is -3.93. The zero-order valence-corrected chi connectivity index (χ0v) is 18.6. The van der Waals surface area contributed by atoms with Crippen LogP contribution in [0.1, 0.15) is 48.5 Å². The second-order valence-electron chi connectivity index (χ2n) is 8.62. The number of hydrogen-bond donors (Lipinski definition) is 2. The molecule has 2 N–H and O–H groups in total. The van der Waals surface area contributed by atoms with Crippen molar-refractivity contribution in [3.05, 3.63) is 106 Å². The molecule has 1 aromatic carbocycles. The van der Waals surface area contributed by atoms with Crippen molar-refractivity contribution in [1.29, 1.82) is 0 Å². The molecule has 3 aromatic rings. The number of carbonyl (C=O) groups is 2. The number of nitrogens with zero attached hydrogens (tertiary/aromatic N) is 1. The van der Waals surface area contributed by atoms with Crippen molar-refractivity contribution in [2.24, 2.45) is 0 Å². The van der Waals surface area contributed by atoms with E-state index in [0.29, 0.717) is 29.8 Å². The molecule has 1 aliphatic carbocycles. The van der Waals surface area contributed by atoms with Crippen LogP contribution in [0.15, 0.2) is 94.0 Å². The molecule has 6 nitrogen and oxygen atoms in total. The predicted molar refractivity (Wildman–Crippen MR) is 125 cm³/mol. The molecule has 0 spiro atoms. The number of pyridine rings is 1. The van der Waals surface area contributed by atoms with E-state index >= 15 is 0 Å². The van der Waals surface area contributed by atoms with Crippen molar-refractivity contribution in [2.45, 2.75) is 38.5 Å². The third kappa shape index (κ3) is 4.00. The van der Waals surface area contributed by atoms with Crippen LogP contribution < -0.4 is 10.6 Å². The predicted octanol–water partition coefficient (Wildman–Crippen LogP) is 4.98. The molecule has 1 aliphatic heterocycles. The van der Waals surface area contributed by atoms with Gasteiger partial charge in [-0.3, -0.25) is 9.59 Å². The molecule has 0 fully saturated rings. The van der Waals surface area contributed by atoms with Crippen molar-refractivity contribution in [3.63, 3.8) is 0 Å². The number of amides is 1. The molecule has 2 aliphatic rings. The Morgan fingerprint density at radius 3 is 2.58 bits per heavy atom. The SMILES string of the molecule is CC1=C(C(=O)Nc2ccc(C)cn2)[C@@H](c2ccccc2)C2=C(C[C@@H](c3ccco3)CC2=O)N1. The molecule has 1 amide bonds. The van der Waals surface area contributed by atoms with Crippen molar-refractivity contribution >= 4 is 17.5 Å². The van der Waals surface area contributed by atoms with E-state index in [1.807, 2.05) is 62.4 Å². The Bertz CT molecular complexity index is 1260. The Morgan fingerprint density at radius 1 is 1.06 bits per heavy atom. The lowest BCUT2D eigenvalue weighted by molar-refractivity contribution is -0.116. The van der Waals surface area contributed by atoms with Crippen molar-refractivity contribution in [2.75, 3.05) is 5.32 Å². The highest BCUT2D eigenvalue weighted by molar-refractivity contribution is 6.09. The topological polar surface area (TPSA) is 84.2 Å². The molecule has 33 heavy (non-hydrogen) atoms. The molecule has 0 radical (unpaired) electrons. The summed E-state index contributed by atoms with van der Waals surface area (Å²) < 4.78 is 5.59. The second kappa shape index (κ2) is 8.54. The second-order valence-corrected chi connectivity index (χ2v) is 8.62. The van der Waals surface area contributed by atoms with Gasteiger partial charge in [0, 0.05) is 47.0 Å². The maximum Gasteiger partial charge on any atom is 0.255 e. The smallest absolute Gasteiger partial charge is 0.255 e. The summed E-state index contributed by atoms with van der Waals surface area (Å²) in [7, 11) is 0. The molecule has 0 saturated carbocycles. The molecule has 0 unspecified atom stereocenters. The number of ketones is 1. The Morgan fingerprint density at radius 2 is 1.88 bits per heavy atom. The molecule has 166 valence electrons. The molecule has 2 atom stereocenters. The first kappa shape index (κ1) is 20.9. The molecule has 3 heterocycles. The fourth-order valence-corrected chi connectivity index (χ4v) is 4.77. The van der Waals surface area contributed by atoms with Crippen LogP contribution in [0.3, 0.4) is 0 Å². The number of rotatable bonds is 4. The van der Waals surface area contributed by atoms with Crippen LogP contribution in [-0.2, 0) is 9.59 Å². The highest BCUT2D eigenvalue weighted by Crippen LogP contribution is 2.45. The van der Waals surface area contributed by atoms with Gasteiger partial charge in [0.2, 0.25) is 0 Å². The number of nitrogens with one attached hydrogen (secondary N) is 2. The number of hydrogen-bond acceptors (Lipinski definition) is 5. The fourth-order valence-electron chi connectivity index (χ4n) is 4.77. The van der Waals surface area contributed by atoms with Gasteiger partial charge >= 0.3 is 0 Å². The average molecular weight is 440 g/mol. The van der Waals surface area contributed by atoms with Gasteiger partial charge in [-0.2, -0.15) is 0 Å². The number of dihydropyridines is 1. The third-order valence-electron chi connectivity index (χ3n) is 6.30. The molecule has 0 saturated heterocycles. The van der Waals surface area contributed by atoms with Crippen LogP contribution in [0.2, 0.25) is 0 Å². The first-order chi connectivity index (χ1) is 16.0. The summed E-state index contributed by atoms with van der Waals surface area (Å²) in [5.41, 5.74) is 4.73. The van der Waals surface area contributed by atoms with Crippen molar-refractivity contribution in [3.8, 4) is 0 Å². The lowest BCUT2D eigenvalue weighted by atomic mass is 9.72. The summed E-state index contributed by atoms with van der Waals surface area (Å²) in [5, 5.41) is 6.30. The summed E-state index contributed by atoms with van der Waals surface area (Å²) in [4.78, 5) is 31.3. The van der Waals surface area contributed by atoms with Crippen LogP contribution in [0.25, 0.3) is 0 Å². The first-order valence-electron chi connectivity index (χ1n) is 11.1. The van der Waals surface area contributed by atoms with Gasteiger partial charge in [0.05, 0.1) is 6.26 Å². The lowest BCUT2D eigenvalue weighted by Gasteiger charge is -2.36. The van der Waals surface area contributed by atoms with Gasteiger partial charge in [-0.15, -0.1) is 0 Å². The van der Waals surface area contributed by atoms with Gasteiger partial charge in [0.25, 0.3) is 5.91 Å². The molecular weight excluding hydrogens is 414 g/mol. The number of benzene rings is 1. The van der Waals surface area contributed by atoms with E-state index in [0.717, 1.165) is 28.3 Å². The minimum absolute atomic E-state index is 0.0184. The number of carbonyl (C=O) groups excluding carboxylic acids is 2. The summed E-state index contributed by atoms with van der Waals surface area (Å²) in [5.74, 6) is 0.588. The highest BCUT2D eigenvalue weighted by Gasteiger charge is 2.41. The van der Waals surface area contributed by atoms with Gasteiger partial charge in [0.1, 0.15) is 11.6 Å². The fraction of sp³-hybridized carbons (Fsp3) is 0.222. The summed E-state index contributed by atoms with van der Waals surface area (Å²) in [6.45, 7) is 3.83. The molecule has 5 rings (SSSR count). The zero-order chi connectivity index (χ0) is 22.9. The van der Waals surface area contributed by atoms with Gasteiger partial charge in [-0.05, 0) is 49.6 Å². The highest BCUT2D eigenvalue weighted by atomic mass is 16.3. The number of allylic oxidation sites excluding steroid dienone is 3. The van der Waals surface area contributed by atoms with Gasteiger partial charge in [0.15, 0.2) is 5.78 Å². The molecule has 2 aromatic heterocycles. The van der Waals surface area contributed by atoms with Crippen LogP contribution in [0, 0.1) is 6.92 Å². The minimum atomic E-state index is -0.446. The third-order valence-corrected chi connectivity index (χ3v) is 6.30. The van der Waals surface area contributed by atoms with E-state index < -0.39 is 5.92 Å². The monoisotopic (exact) mass is 439 g/mol. The number of anilines is 1.